The molecule has 0 heterocycles. The minimum atomic E-state index is -0.878. The Kier molecular flexibility index (Phi) is 8.22. The molecule has 166 valence electrons. The van der Waals surface area contributed by atoms with Gasteiger partial charge in [-0.05, 0) is 55.2 Å². The lowest BCUT2D eigenvalue weighted by atomic mass is 9.94. The maximum absolute atomic E-state index is 13.6. The van der Waals surface area contributed by atoms with Crippen molar-refractivity contribution in [2.45, 2.75) is 51.1 Å². The Morgan fingerprint density at radius 3 is 2.42 bits per heavy atom. The monoisotopic (exact) mass is 462 g/mol. The molecule has 0 aliphatic heterocycles. The molecule has 0 aromatic heterocycles. The van der Waals surface area contributed by atoms with Crippen LogP contribution in [-0.4, -0.2) is 30.8 Å². The molecule has 31 heavy (non-hydrogen) atoms. The van der Waals surface area contributed by atoms with Crippen molar-refractivity contribution in [3.63, 3.8) is 0 Å². The van der Waals surface area contributed by atoms with Crippen LogP contribution in [0.2, 0.25) is 5.02 Å². The predicted molar refractivity (Wildman–Crippen MR) is 125 cm³/mol. The number of hydrogen-bond acceptors (Lipinski definition) is 3. The number of methoxy groups -OCH3 is 1. The van der Waals surface area contributed by atoms with Gasteiger partial charge in [0.25, 0.3) is 0 Å². The third kappa shape index (κ3) is 5.52. The summed E-state index contributed by atoms with van der Waals surface area (Å²) in [6.07, 6.45) is 5.26. The van der Waals surface area contributed by atoms with Crippen molar-refractivity contribution >= 4 is 40.7 Å². The van der Waals surface area contributed by atoms with Crippen molar-refractivity contribution in [2.24, 2.45) is 0 Å². The molecule has 1 fully saturated rings. The van der Waals surface area contributed by atoms with E-state index >= 15 is 0 Å². The third-order valence-corrected chi connectivity index (χ3v) is 6.41. The number of halogens is 2. The Hall–Kier alpha value is -2.24. The lowest BCUT2D eigenvalue weighted by Gasteiger charge is -2.34. The van der Waals surface area contributed by atoms with Gasteiger partial charge in [0, 0.05) is 16.8 Å². The van der Waals surface area contributed by atoms with E-state index in [2.05, 4.69) is 5.32 Å². The van der Waals surface area contributed by atoms with Crippen LogP contribution in [0.3, 0.4) is 0 Å². The summed E-state index contributed by atoms with van der Waals surface area (Å²) < 4.78 is 5.26. The average molecular weight is 463 g/mol. The van der Waals surface area contributed by atoms with Gasteiger partial charge in [0.05, 0.1) is 7.11 Å². The Balaban J connectivity index is 2.06. The fourth-order valence-electron chi connectivity index (χ4n) is 4.07. The second-order valence-corrected chi connectivity index (χ2v) is 8.48. The number of nitrogens with zero attached hydrogens (tertiary/aromatic N) is 1. The number of benzene rings is 2. The third-order valence-electron chi connectivity index (χ3n) is 5.77. The van der Waals surface area contributed by atoms with Gasteiger partial charge in [-0.1, -0.05) is 49.1 Å². The lowest BCUT2D eigenvalue weighted by Crippen LogP contribution is -2.48. The topological polar surface area (TPSA) is 58.6 Å². The molecule has 2 aromatic carbocycles. The zero-order valence-electron chi connectivity index (χ0n) is 17.9. The Labute approximate surface area is 193 Å². The van der Waals surface area contributed by atoms with E-state index in [1.165, 1.54) is 11.3 Å². The smallest absolute Gasteiger partial charge is 0.248 e. The predicted octanol–water partition coefficient (Wildman–Crippen LogP) is 5.42. The SMILES string of the molecule is COc1ccc([C@H](C(=O)NC2CCCCC2)N(C(=O)CCl)c2cccc(Cl)c2C)cc1. The molecule has 2 aromatic rings. The van der Waals surface area contributed by atoms with Gasteiger partial charge in [-0.15, -0.1) is 11.6 Å². The van der Waals surface area contributed by atoms with E-state index < -0.39 is 6.04 Å². The molecule has 7 heteroatoms. The van der Waals surface area contributed by atoms with Gasteiger partial charge in [-0.3, -0.25) is 14.5 Å². The van der Waals surface area contributed by atoms with Crippen LogP contribution in [0.1, 0.15) is 49.3 Å². The molecule has 1 aliphatic rings. The van der Waals surface area contributed by atoms with Crippen LogP contribution in [0.5, 0.6) is 5.75 Å². The second kappa shape index (κ2) is 10.9. The van der Waals surface area contributed by atoms with E-state index in [1.807, 2.05) is 6.92 Å². The van der Waals surface area contributed by atoms with Gasteiger partial charge in [0.2, 0.25) is 11.8 Å². The van der Waals surface area contributed by atoms with Gasteiger partial charge in [0.15, 0.2) is 0 Å². The fraction of sp³-hybridized carbons (Fsp3) is 0.417. The molecule has 3 rings (SSSR count). The quantitative estimate of drug-likeness (QED) is 0.558. The number of anilines is 1. The summed E-state index contributed by atoms with van der Waals surface area (Å²) in [5.41, 5.74) is 1.95. The van der Waals surface area contributed by atoms with Crippen molar-refractivity contribution in [1.82, 2.24) is 5.32 Å². The minimum absolute atomic E-state index is 0.107. The second-order valence-electron chi connectivity index (χ2n) is 7.80. The highest BCUT2D eigenvalue weighted by Gasteiger charge is 2.34. The van der Waals surface area contributed by atoms with Crippen LogP contribution in [0.4, 0.5) is 5.69 Å². The first-order chi connectivity index (χ1) is 15.0. The molecule has 1 saturated carbocycles. The Bertz CT molecular complexity index is 912. The zero-order chi connectivity index (χ0) is 22.4. The zero-order valence-corrected chi connectivity index (χ0v) is 19.4. The van der Waals surface area contributed by atoms with Crippen molar-refractivity contribution in [1.29, 1.82) is 0 Å². The van der Waals surface area contributed by atoms with Crippen molar-refractivity contribution in [2.75, 3.05) is 17.9 Å². The molecule has 1 N–H and O–H groups in total. The fourth-order valence-corrected chi connectivity index (χ4v) is 4.37. The van der Waals surface area contributed by atoms with Gasteiger partial charge in [-0.25, -0.2) is 0 Å². The number of rotatable bonds is 7. The summed E-state index contributed by atoms with van der Waals surface area (Å²) >= 11 is 12.3. The first-order valence-corrected chi connectivity index (χ1v) is 11.4. The first-order valence-electron chi connectivity index (χ1n) is 10.5. The highest BCUT2D eigenvalue weighted by Crippen LogP contribution is 2.34. The van der Waals surface area contributed by atoms with Crippen LogP contribution >= 0.6 is 23.2 Å². The largest absolute Gasteiger partial charge is 0.497 e. The Morgan fingerprint density at radius 1 is 1.13 bits per heavy atom. The molecular weight excluding hydrogens is 435 g/mol. The molecule has 0 unspecified atom stereocenters. The van der Waals surface area contributed by atoms with Crippen LogP contribution in [0.15, 0.2) is 42.5 Å². The molecule has 2 amide bonds. The van der Waals surface area contributed by atoms with E-state index in [4.69, 9.17) is 27.9 Å². The van der Waals surface area contributed by atoms with Crippen molar-refractivity contribution in [3.8, 4) is 5.75 Å². The highest BCUT2D eigenvalue weighted by atomic mass is 35.5. The molecule has 1 aliphatic carbocycles. The van der Waals surface area contributed by atoms with Crippen LogP contribution in [0, 0.1) is 6.92 Å². The van der Waals surface area contributed by atoms with Gasteiger partial charge >= 0.3 is 0 Å². The van der Waals surface area contributed by atoms with Crippen LogP contribution < -0.4 is 15.0 Å². The maximum atomic E-state index is 13.6. The van der Waals surface area contributed by atoms with Crippen molar-refractivity contribution < 1.29 is 14.3 Å². The molecule has 5 nitrogen and oxygen atoms in total. The molecular formula is C24H28Cl2N2O3. The highest BCUT2D eigenvalue weighted by molar-refractivity contribution is 6.32. The summed E-state index contributed by atoms with van der Waals surface area (Å²) in [6, 6.07) is 11.7. The van der Waals surface area contributed by atoms with E-state index in [0.29, 0.717) is 27.6 Å². The van der Waals surface area contributed by atoms with Gasteiger partial charge < -0.3 is 10.1 Å². The molecule has 1 atom stereocenters. The van der Waals surface area contributed by atoms with E-state index in [9.17, 15) is 9.59 Å². The van der Waals surface area contributed by atoms with Gasteiger partial charge in [0.1, 0.15) is 17.7 Å². The van der Waals surface area contributed by atoms with E-state index in [1.54, 1.807) is 49.6 Å². The summed E-state index contributed by atoms with van der Waals surface area (Å²) in [5.74, 6) is -0.180. The maximum Gasteiger partial charge on any atom is 0.248 e. The molecule has 0 radical (unpaired) electrons. The number of alkyl halides is 1. The van der Waals surface area contributed by atoms with E-state index in [0.717, 1.165) is 25.7 Å². The first kappa shape index (κ1) is 23.4. The summed E-state index contributed by atoms with van der Waals surface area (Å²) in [4.78, 5) is 28.1. The van der Waals surface area contributed by atoms with Gasteiger partial charge in [-0.2, -0.15) is 0 Å². The number of carbonyl (C=O) groups is 2. The molecule has 0 saturated heterocycles. The van der Waals surface area contributed by atoms with Crippen LogP contribution in [-0.2, 0) is 9.59 Å². The summed E-state index contributed by atoms with van der Waals surface area (Å²) in [7, 11) is 1.58. The number of nitrogens with one attached hydrogen (secondary N) is 1. The lowest BCUT2D eigenvalue weighted by molar-refractivity contribution is -0.126. The number of hydrogen-bond donors (Lipinski definition) is 1. The van der Waals surface area contributed by atoms with Crippen LogP contribution in [0.25, 0.3) is 0 Å². The number of ether oxygens (including phenoxy) is 1. The molecule has 0 spiro atoms. The van der Waals surface area contributed by atoms with E-state index in [-0.39, 0.29) is 23.7 Å². The summed E-state index contributed by atoms with van der Waals surface area (Å²) in [6.45, 7) is 1.83. The number of carbonyl (C=O) groups excluding carboxylic acids is 2. The standard InChI is InChI=1S/C24H28Cl2N2O3/c1-16-20(26)9-6-10-21(16)28(22(29)15-25)23(17-11-13-19(31-2)14-12-17)24(30)27-18-7-4-3-5-8-18/h6,9-14,18,23H,3-5,7-8,15H2,1-2H3,(H,27,30)/t23-/m1/s1. The summed E-state index contributed by atoms with van der Waals surface area (Å²) in [5, 5.41) is 3.69. The average Bonchev–Trinajstić information content (AvgIpc) is 2.80. The van der Waals surface area contributed by atoms with Crippen molar-refractivity contribution in [3.05, 3.63) is 58.6 Å². The normalized spacial score (nSPS) is 15.2. The number of amides is 2. The Morgan fingerprint density at radius 2 is 1.81 bits per heavy atom. The molecule has 0 bridgehead atoms. The minimum Gasteiger partial charge on any atom is -0.497 e.